The predicted molar refractivity (Wildman–Crippen MR) is 60.0 cm³/mol. The molecule has 0 bridgehead atoms. The van der Waals surface area contributed by atoms with Crippen LogP contribution in [-0.2, 0) is 11.3 Å². The number of carbonyl (C=O) groups is 1. The van der Waals surface area contributed by atoms with Crippen molar-refractivity contribution in [3.05, 3.63) is 24.0 Å². The van der Waals surface area contributed by atoms with Gasteiger partial charge in [0.25, 0.3) is 5.92 Å². The summed E-state index contributed by atoms with van der Waals surface area (Å²) in [6.45, 7) is 0.104. The van der Waals surface area contributed by atoms with Gasteiger partial charge in [-0.05, 0) is 18.6 Å². The van der Waals surface area contributed by atoms with Crippen molar-refractivity contribution in [3.63, 3.8) is 0 Å². The van der Waals surface area contributed by atoms with Crippen LogP contribution in [0.15, 0.2) is 18.3 Å². The number of alkyl halides is 2. The Morgan fingerprint density at radius 1 is 1.61 bits per heavy atom. The fourth-order valence-electron chi connectivity index (χ4n) is 1.72. The maximum absolute atomic E-state index is 12.6. The molecule has 18 heavy (non-hydrogen) atoms. The number of nitrogens with one attached hydrogen (secondary N) is 1. The van der Waals surface area contributed by atoms with Gasteiger partial charge in [-0.15, -0.1) is 0 Å². The molecule has 0 aromatic carbocycles. The standard InChI is InChI=1S/C12H14F2N2O2/c13-12(14)6-8(12)3-4-11(18)16-7-9-10(17)2-1-5-15-9/h1-2,5,8,17H,3-4,6-7H2,(H,16,18). The molecule has 1 unspecified atom stereocenters. The van der Waals surface area contributed by atoms with Gasteiger partial charge in [0.2, 0.25) is 5.91 Å². The Balaban J connectivity index is 1.71. The van der Waals surface area contributed by atoms with Gasteiger partial charge in [-0.25, -0.2) is 8.78 Å². The van der Waals surface area contributed by atoms with Gasteiger partial charge >= 0.3 is 0 Å². The molecule has 0 aliphatic heterocycles. The first kappa shape index (κ1) is 12.7. The first-order valence-electron chi connectivity index (χ1n) is 5.76. The molecule has 1 saturated carbocycles. The maximum Gasteiger partial charge on any atom is 0.251 e. The first-order valence-corrected chi connectivity index (χ1v) is 5.76. The molecule has 1 aromatic rings. The van der Waals surface area contributed by atoms with E-state index in [4.69, 9.17) is 0 Å². The molecule has 1 aromatic heterocycles. The van der Waals surface area contributed by atoms with Crippen molar-refractivity contribution in [2.45, 2.75) is 31.7 Å². The van der Waals surface area contributed by atoms with E-state index >= 15 is 0 Å². The highest BCUT2D eigenvalue weighted by Crippen LogP contribution is 2.51. The second kappa shape index (κ2) is 4.88. The lowest BCUT2D eigenvalue weighted by atomic mass is 10.2. The summed E-state index contributed by atoms with van der Waals surface area (Å²) in [5, 5.41) is 12.0. The summed E-state index contributed by atoms with van der Waals surface area (Å²) in [4.78, 5) is 15.3. The normalized spacial score (nSPS) is 20.4. The van der Waals surface area contributed by atoms with Crippen LogP contribution in [0.5, 0.6) is 5.75 Å². The molecule has 6 heteroatoms. The summed E-state index contributed by atoms with van der Waals surface area (Å²) in [6, 6.07) is 3.05. The van der Waals surface area contributed by atoms with Gasteiger partial charge in [0.1, 0.15) is 11.4 Å². The summed E-state index contributed by atoms with van der Waals surface area (Å²) >= 11 is 0. The third-order valence-electron chi connectivity index (χ3n) is 2.99. The Hall–Kier alpha value is -1.72. The number of hydrogen-bond donors (Lipinski definition) is 2. The third-order valence-corrected chi connectivity index (χ3v) is 2.99. The molecule has 1 aliphatic rings. The predicted octanol–water partition coefficient (Wildman–Crippen LogP) is 1.84. The highest BCUT2D eigenvalue weighted by molar-refractivity contribution is 5.75. The van der Waals surface area contributed by atoms with Gasteiger partial charge in [-0.1, -0.05) is 0 Å². The fourth-order valence-corrected chi connectivity index (χ4v) is 1.72. The van der Waals surface area contributed by atoms with Gasteiger partial charge in [0, 0.05) is 25.0 Å². The molecule has 0 radical (unpaired) electrons. The van der Waals surface area contributed by atoms with Gasteiger partial charge in [0.15, 0.2) is 0 Å². The third kappa shape index (κ3) is 3.15. The number of nitrogens with zero attached hydrogens (tertiary/aromatic N) is 1. The lowest BCUT2D eigenvalue weighted by molar-refractivity contribution is -0.121. The first-order chi connectivity index (χ1) is 8.49. The van der Waals surface area contributed by atoms with E-state index < -0.39 is 11.8 Å². The van der Waals surface area contributed by atoms with Crippen LogP contribution in [0.4, 0.5) is 8.78 Å². The summed E-state index contributed by atoms with van der Waals surface area (Å²) in [6.07, 6.45) is 1.67. The monoisotopic (exact) mass is 256 g/mol. The van der Waals surface area contributed by atoms with E-state index in [-0.39, 0.29) is 37.5 Å². The lowest BCUT2D eigenvalue weighted by Crippen LogP contribution is -2.23. The van der Waals surface area contributed by atoms with Crippen molar-refractivity contribution >= 4 is 5.91 Å². The lowest BCUT2D eigenvalue weighted by Gasteiger charge is -2.05. The Kier molecular flexibility index (Phi) is 3.45. The van der Waals surface area contributed by atoms with E-state index in [1.54, 1.807) is 6.07 Å². The van der Waals surface area contributed by atoms with Crippen molar-refractivity contribution in [3.8, 4) is 5.75 Å². The van der Waals surface area contributed by atoms with Crippen molar-refractivity contribution in [2.24, 2.45) is 5.92 Å². The van der Waals surface area contributed by atoms with Crippen LogP contribution in [0.3, 0.4) is 0 Å². The molecular weight excluding hydrogens is 242 g/mol. The number of pyridine rings is 1. The smallest absolute Gasteiger partial charge is 0.251 e. The maximum atomic E-state index is 12.6. The van der Waals surface area contributed by atoms with Crippen LogP contribution in [0.25, 0.3) is 0 Å². The van der Waals surface area contributed by atoms with E-state index in [1.807, 2.05) is 0 Å². The van der Waals surface area contributed by atoms with Crippen LogP contribution < -0.4 is 5.32 Å². The minimum atomic E-state index is -2.57. The van der Waals surface area contributed by atoms with Gasteiger partial charge in [0.05, 0.1) is 6.54 Å². The Morgan fingerprint density at radius 2 is 2.33 bits per heavy atom. The largest absolute Gasteiger partial charge is 0.506 e. The molecule has 0 spiro atoms. The molecule has 0 saturated heterocycles. The van der Waals surface area contributed by atoms with E-state index in [0.717, 1.165) is 0 Å². The number of rotatable bonds is 5. The van der Waals surface area contributed by atoms with Gasteiger partial charge < -0.3 is 10.4 Å². The molecule has 98 valence electrons. The number of carbonyl (C=O) groups excluding carboxylic acids is 1. The molecule has 1 aliphatic carbocycles. The highest BCUT2D eigenvalue weighted by Gasteiger charge is 2.56. The minimum Gasteiger partial charge on any atom is -0.506 e. The number of halogens is 2. The van der Waals surface area contributed by atoms with Crippen LogP contribution in [0.1, 0.15) is 25.0 Å². The summed E-state index contributed by atoms with van der Waals surface area (Å²) in [5.74, 6) is -3.51. The van der Waals surface area contributed by atoms with E-state index in [0.29, 0.717) is 5.69 Å². The molecule has 1 atom stereocenters. The van der Waals surface area contributed by atoms with Crippen LogP contribution >= 0.6 is 0 Å². The van der Waals surface area contributed by atoms with Crippen LogP contribution in [0.2, 0.25) is 0 Å². The van der Waals surface area contributed by atoms with E-state index in [1.165, 1.54) is 12.3 Å². The molecular formula is C12H14F2N2O2. The number of hydrogen-bond acceptors (Lipinski definition) is 3. The summed E-state index contributed by atoms with van der Waals surface area (Å²) in [7, 11) is 0. The SMILES string of the molecule is O=C(CCC1CC1(F)F)NCc1ncccc1O. The number of aromatic hydroxyl groups is 1. The van der Waals surface area contributed by atoms with Crippen molar-refractivity contribution in [1.29, 1.82) is 0 Å². The summed E-state index contributed by atoms with van der Waals surface area (Å²) in [5.41, 5.74) is 0.364. The molecule has 2 rings (SSSR count). The van der Waals surface area contributed by atoms with E-state index in [9.17, 15) is 18.7 Å². The zero-order valence-corrected chi connectivity index (χ0v) is 9.70. The topological polar surface area (TPSA) is 62.2 Å². The molecule has 1 amide bonds. The van der Waals surface area contributed by atoms with Crippen molar-refractivity contribution in [1.82, 2.24) is 10.3 Å². The average molecular weight is 256 g/mol. The molecule has 2 N–H and O–H groups in total. The quantitative estimate of drug-likeness (QED) is 0.845. The Morgan fingerprint density at radius 3 is 2.94 bits per heavy atom. The van der Waals surface area contributed by atoms with E-state index in [2.05, 4.69) is 10.3 Å². The second-order valence-electron chi connectivity index (χ2n) is 4.45. The number of amides is 1. The molecule has 1 heterocycles. The second-order valence-corrected chi connectivity index (χ2v) is 4.45. The van der Waals surface area contributed by atoms with Crippen LogP contribution in [-0.4, -0.2) is 21.9 Å². The minimum absolute atomic E-state index is 0.00604. The Bertz CT molecular complexity index is 451. The average Bonchev–Trinajstić information content (AvgIpc) is 2.93. The molecule has 1 fully saturated rings. The van der Waals surface area contributed by atoms with Crippen molar-refractivity contribution in [2.75, 3.05) is 0 Å². The van der Waals surface area contributed by atoms with Gasteiger partial charge in [-0.2, -0.15) is 0 Å². The number of aromatic nitrogens is 1. The zero-order valence-electron chi connectivity index (χ0n) is 9.70. The Labute approximate surface area is 103 Å². The van der Waals surface area contributed by atoms with Crippen molar-refractivity contribution < 1.29 is 18.7 Å². The molecule has 4 nitrogen and oxygen atoms in total. The fraction of sp³-hybridized carbons (Fsp3) is 0.500. The highest BCUT2D eigenvalue weighted by atomic mass is 19.3. The summed E-state index contributed by atoms with van der Waals surface area (Å²) < 4.78 is 25.2. The zero-order chi connectivity index (χ0) is 13.2. The van der Waals surface area contributed by atoms with Crippen LogP contribution in [0, 0.1) is 5.92 Å². The van der Waals surface area contributed by atoms with Gasteiger partial charge in [-0.3, -0.25) is 9.78 Å².